The number of unbranched alkanes of at least 4 members (excludes halogenated alkanes) is 1. The Labute approximate surface area is 132 Å². The lowest BCUT2D eigenvalue weighted by Crippen LogP contribution is -2.87. The fourth-order valence-corrected chi connectivity index (χ4v) is 3.08. The van der Waals surface area contributed by atoms with Crippen molar-refractivity contribution in [3.63, 3.8) is 0 Å². The zero-order valence-corrected chi connectivity index (χ0v) is 13.0. The molecule has 1 heterocycles. The van der Waals surface area contributed by atoms with Crippen LogP contribution in [-0.2, 0) is 6.54 Å². The van der Waals surface area contributed by atoms with Crippen LogP contribution in [0.1, 0.15) is 47.4 Å². The number of carbonyl (C=O) groups excluding carboxylic acids is 1. The van der Waals surface area contributed by atoms with Crippen LogP contribution in [0.3, 0.4) is 0 Å². The van der Waals surface area contributed by atoms with E-state index in [0.29, 0.717) is 6.54 Å². The fraction of sp³-hybridized carbons (Fsp3) is 0.316. The number of benzene rings is 2. The van der Waals surface area contributed by atoms with Crippen molar-refractivity contribution in [3.05, 3.63) is 71.3 Å². The largest absolute Gasteiger partial charge is 0.323 e. The van der Waals surface area contributed by atoms with E-state index in [4.69, 9.17) is 0 Å². The van der Waals surface area contributed by atoms with Crippen LogP contribution in [0.4, 0.5) is 0 Å². The Morgan fingerprint density at radius 1 is 1.05 bits per heavy atom. The molecule has 3 rings (SSSR count). The van der Waals surface area contributed by atoms with Crippen molar-refractivity contribution in [2.75, 3.05) is 6.54 Å². The van der Waals surface area contributed by atoms with Crippen LogP contribution in [0.15, 0.2) is 54.6 Å². The summed E-state index contributed by atoms with van der Waals surface area (Å²) in [5, 5.41) is 2.30. The van der Waals surface area contributed by atoms with Gasteiger partial charge in [0, 0.05) is 5.56 Å². The second kappa shape index (κ2) is 6.75. The molecule has 1 amide bonds. The molecule has 1 aliphatic heterocycles. The summed E-state index contributed by atoms with van der Waals surface area (Å²) in [5.41, 5.74) is 3.19. The monoisotopic (exact) mass is 295 g/mol. The van der Waals surface area contributed by atoms with Gasteiger partial charge in [-0.25, -0.2) is 0 Å². The highest BCUT2D eigenvalue weighted by Crippen LogP contribution is 2.30. The lowest BCUT2D eigenvalue weighted by Gasteiger charge is -2.23. The standard InChI is InChI=1S/C19H22N2O/c1-2-3-13-20-18-16-11-7-8-12-17(16)19(22)21(18)14-15-9-5-4-6-10-15/h4-12,18,20H,2-3,13-14H2,1H3/p+1/t18-/m1/s1. The number of fused-ring (bicyclic) bond motifs is 1. The quantitative estimate of drug-likeness (QED) is 0.817. The Kier molecular flexibility index (Phi) is 4.54. The van der Waals surface area contributed by atoms with Crippen LogP contribution < -0.4 is 5.32 Å². The first kappa shape index (κ1) is 14.8. The molecule has 2 N–H and O–H groups in total. The number of hydrogen-bond donors (Lipinski definition) is 1. The maximum absolute atomic E-state index is 12.8. The summed E-state index contributed by atoms with van der Waals surface area (Å²) >= 11 is 0. The summed E-state index contributed by atoms with van der Waals surface area (Å²) in [5.74, 6) is 0.150. The molecule has 0 saturated carbocycles. The van der Waals surface area contributed by atoms with Crippen LogP contribution in [0.25, 0.3) is 0 Å². The Bertz CT molecular complexity index is 639. The number of nitrogens with two attached hydrogens (primary N) is 1. The molecule has 0 aliphatic carbocycles. The van der Waals surface area contributed by atoms with E-state index >= 15 is 0 Å². The number of quaternary nitrogens is 1. The number of carbonyl (C=O) groups is 1. The van der Waals surface area contributed by atoms with Gasteiger partial charge in [-0.3, -0.25) is 9.69 Å². The van der Waals surface area contributed by atoms with E-state index in [1.165, 1.54) is 18.4 Å². The summed E-state index contributed by atoms with van der Waals surface area (Å²) in [6.45, 7) is 3.92. The Morgan fingerprint density at radius 2 is 1.77 bits per heavy atom. The van der Waals surface area contributed by atoms with Gasteiger partial charge in [-0.1, -0.05) is 61.9 Å². The summed E-state index contributed by atoms with van der Waals surface area (Å²) in [4.78, 5) is 14.7. The highest BCUT2D eigenvalue weighted by Gasteiger charge is 2.38. The van der Waals surface area contributed by atoms with Crippen molar-refractivity contribution in [1.29, 1.82) is 0 Å². The van der Waals surface area contributed by atoms with Crippen LogP contribution in [-0.4, -0.2) is 17.4 Å². The third kappa shape index (κ3) is 2.90. The maximum Gasteiger partial charge on any atom is 0.259 e. The molecule has 3 nitrogen and oxygen atoms in total. The molecular formula is C19H23N2O+. The molecule has 22 heavy (non-hydrogen) atoms. The summed E-state index contributed by atoms with van der Waals surface area (Å²) in [7, 11) is 0. The van der Waals surface area contributed by atoms with Gasteiger partial charge in [0.15, 0.2) is 6.17 Å². The number of amides is 1. The lowest BCUT2D eigenvalue weighted by molar-refractivity contribution is -0.712. The van der Waals surface area contributed by atoms with Crippen molar-refractivity contribution in [1.82, 2.24) is 4.90 Å². The molecule has 0 unspecified atom stereocenters. The molecule has 114 valence electrons. The second-order valence-electron chi connectivity index (χ2n) is 5.83. The molecule has 0 aromatic heterocycles. The number of rotatable bonds is 6. The van der Waals surface area contributed by atoms with E-state index in [-0.39, 0.29) is 12.1 Å². The average Bonchev–Trinajstić information content (AvgIpc) is 2.82. The minimum Gasteiger partial charge on any atom is -0.323 e. The van der Waals surface area contributed by atoms with Crippen molar-refractivity contribution in [3.8, 4) is 0 Å². The Hall–Kier alpha value is -2.13. The van der Waals surface area contributed by atoms with E-state index in [1.54, 1.807) is 0 Å². The predicted octanol–water partition coefficient (Wildman–Crippen LogP) is 2.70. The van der Waals surface area contributed by atoms with Gasteiger partial charge in [0.1, 0.15) is 0 Å². The van der Waals surface area contributed by atoms with E-state index in [9.17, 15) is 4.79 Å². The zero-order valence-electron chi connectivity index (χ0n) is 13.0. The molecule has 0 fully saturated rings. The van der Waals surface area contributed by atoms with E-state index in [0.717, 1.165) is 17.7 Å². The molecule has 0 bridgehead atoms. The van der Waals surface area contributed by atoms with Crippen molar-refractivity contribution in [2.24, 2.45) is 0 Å². The van der Waals surface area contributed by atoms with Crippen LogP contribution in [0.5, 0.6) is 0 Å². The van der Waals surface area contributed by atoms with Gasteiger partial charge in [0.2, 0.25) is 0 Å². The van der Waals surface area contributed by atoms with E-state index < -0.39 is 0 Å². The molecule has 2 aromatic rings. The summed E-state index contributed by atoms with van der Waals surface area (Å²) in [6, 6.07) is 18.2. The van der Waals surface area contributed by atoms with Gasteiger partial charge in [0.05, 0.1) is 18.7 Å². The fourth-order valence-electron chi connectivity index (χ4n) is 3.08. The van der Waals surface area contributed by atoms with E-state index in [2.05, 4.69) is 30.4 Å². The number of nitrogens with zero attached hydrogens (tertiary/aromatic N) is 1. The first-order valence-corrected chi connectivity index (χ1v) is 8.08. The van der Waals surface area contributed by atoms with Gasteiger partial charge in [-0.15, -0.1) is 0 Å². The highest BCUT2D eigenvalue weighted by molar-refractivity contribution is 5.98. The van der Waals surface area contributed by atoms with Gasteiger partial charge in [0.25, 0.3) is 5.91 Å². The topological polar surface area (TPSA) is 36.9 Å². The molecule has 1 aliphatic rings. The molecule has 1 atom stereocenters. The first-order chi connectivity index (χ1) is 10.8. The van der Waals surface area contributed by atoms with Gasteiger partial charge in [-0.2, -0.15) is 0 Å². The summed E-state index contributed by atoms with van der Waals surface area (Å²) < 4.78 is 0. The molecule has 3 heteroatoms. The van der Waals surface area contributed by atoms with Crippen LogP contribution in [0, 0.1) is 0 Å². The zero-order chi connectivity index (χ0) is 15.4. The van der Waals surface area contributed by atoms with Crippen molar-refractivity contribution < 1.29 is 10.1 Å². The maximum atomic E-state index is 12.8. The minimum absolute atomic E-state index is 0.107. The first-order valence-electron chi connectivity index (χ1n) is 8.08. The van der Waals surface area contributed by atoms with E-state index in [1.807, 2.05) is 41.3 Å². The third-order valence-corrected chi connectivity index (χ3v) is 4.25. The van der Waals surface area contributed by atoms with Crippen molar-refractivity contribution in [2.45, 2.75) is 32.5 Å². The lowest BCUT2D eigenvalue weighted by atomic mass is 10.1. The van der Waals surface area contributed by atoms with Gasteiger partial charge < -0.3 is 5.32 Å². The summed E-state index contributed by atoms with van der Waals surface area (Å²) in [6.07, 6.45) is 2.46. The molecule has 0 spiro atoms. The Balaban J connectivity index is 1.85. The van der Waals surface area contributed by atoms with Gasteiger partial charge in [-0.05, 0) is 18.1 Å². The normalized spacial score (nSPS) is 16.9. The molecule has 0 saturated heterocycles. The van der Waals surface area contributed by atoms with Gasteiger partial charge >= 0.3 is 0 Å². The minimum atomic E-state index is 0.107. The smallest absolute Gasteiger partial charge is 0.259 e. The van der Waals surface area contributed by atoms with Crippen LogP contribution in [0.2, 0.25) is 0 Å². The molecule has 2 aromatic carbocycles. The second-order valence-corrected chi connectivity index (χ2v) is 5.83. The molecular weight excluding hydrogens is 272 g/mol. The highest BCUT2D eigenvalue weighted by atomic mass is 16.2. The van der Waals surface area contributed by atoms with Crippen LogP contribution >= 0.6 is 0 Å². The third-order valence-electron chi connectivity index (χ3n) is 4.25. The van der Waals surface area contributed by atoms with Crippen molar-refractivity contribution >= 4 is 5.91 Å². The Morgan fingerprint density at radius 3 is 2.55 bits per heavy atom. The average molecular weight is 295 g/mol. The SMILES string of the molecule is CCCC[NH2+][C@H]1c2ccccc2C(=O)N1Cc1ccccc1. The number of hydrogen-bond acceptors (Lipinski definition) is 1. The predicted molar refractivity (Wildman–Crippen MR) is 87.2 cm³/mol. The molecule has 0 radical (unpaired) electrons.